The summed E-state index contributed by atoms with van der Waals surface area (Å²) in [7, 11) is 1.29. The summed E-state index contributed by atoms with van der Waals surface area (Å²) in [6.45, 7) is 1.80. The van der Waals surface area contributed by atoms with Crippen LogP contribution in [0.15, 0.2) is 48.5 Å². The Morgan fingerprint density at radius 2 is 1.88 bits per heavy atom. The van der Waals surface area contributed by atoms with E-state index in [2.05, 4.69) is 10.1 Å². The van der Waals surface area contributed by atoms with Gasteiger partial charge in [0.25, 0.3) is 5.91 Å². The first-order chi connectivity index (χ1) is 11.5. The third-order valence-electron chi connectivity index (χ3n) is 3.31. The molecule has 2 aromatic carbocycles. The quantitative estimate of drug-likeness (QED) is 0.824. The van der Waals surface area contributed by atoms with Crippen LogP contribution in [0.2, 0.25) is 0 Å². The number of benzene rings is 2. The molecule has 0 saturated heterocycles. The van der Waals surface area contributed by atoms with Gasteiger partial charge in [0.1, 0.15) is 11.6 Å². The molecule has 0 saturated carbocycles. The van der Waals surface area contributed by atoms with Gasteiger partial charge in [0.05, 0.1) is 12.7 Å². The second-order valence-electron chi connectivity index (χ2n) is 5.03. The first-order valence-electron chi connectivity index (χ1n) is 7.45. The van der Waals surface area contributed by atoms with Gasteiger partial charge in [0, 0.05) is 5.69 Å². The molecule has 126 valence electrons. The highest BCUT2D eigenvalue weighted by Crippen LogP contribution is 2.17. The summed E-state index contributed by atoms with van der Waals surface area (Å²) in [6.07, 6.45) is -0.308. The molecule has 1 atom stereocenters. The van der Waals surface area contributed by atoms with Gasteiger partial charge in [0.2, 0.25) is 0 Å². The Bertz CT molecular complexity index is 715. The number of hydrogen-bond acceptors (Lipinski definition) is 4. The molecule has 0 aliphatic rings. The van der Waals surface area contributed by atoms with Crippen molar-refractivity contribution in [2.24, 2.45) is 0 Å². The molecule has 2 aromatic rings. The molecule has 0 unspecified atom stereocenters. The van der Waals surface area contributed by atoms with Crippen molar-refractivity contribution in [3.63, 3.8) is 0 Å². The molecule has 1 amide bonds. The molecule has 0 aromatic heterocycles. The average molecular weight is 331 g/mol. The van der Waals surface area contributed by atoms with Crippen LogP contribution in [0.5, 0.6) is 5.75 Å². The van der Waals surface area contributed by atoms with Gasteiger partial charge in [-0.2, -0.15) is 0 Å². The smallest absolute Gasteiger partial charge is 0.337 e. The second kappa shape index (κ2) is 8.10. The number of methoxy groups -OCH3 is 1. The number of carbonyl (C=O) groups excluding carboxylic acids is 2. The van der Waals surface area contributed by atoms with E-state index in [4.69, 9.17) is 4.74 Å². The van der Waals surface area contributed by atoms with E-state index in [0.717, 1.165) is 0 Å². The number of anilines is 1. The molecule has 0 spiro atoms. The monoisotopic (exact) mass is 331 g/mol. The summed E-state index contributed by atoms with van der Waals surface area (Å²) in [5.74, 6) is -0.814. The van der Waals surface area contributed by atoms with Gasteiger partial charge < -0.3 is 14.8 Å². The standard InChI is InChI=1S/C18H18FNO4/c1-3-16(24-15-9-7-13(19)8-10-15)17(21)20-14-6-4-5-12(11-14)18(22)23-2/h4-11,16H,3H2,1-2H3,(H,20,21)/t16-/m0/s1. The normalized spacial score (nSPS) is 11.5. The SMILES string of the molecule is CC[C@H](Oc1ccc(F)cc1)C(=O)Nc1cccc(C(=O)OC)c1. The first-order valence-corrected chi connectivity index (χ1v) is 7.45. The number of amides is 1. The Morgan fingerprint density at radius 3 is 2.50 bits per heavy atom. The van der Waals surface area contributed by atoms with Crippen molar-refractivity contribution in [3.05, 3.63) is 59.9 Å². The number of ether oxygens (including phenoxy) is 2. The maximum Gasteiger partial charge on any atom is 0.337 e. The molecule has 5 nitrogen and oxygen atoms in total. The van der Waals surface area contributed by atoms with E-state index in [0.29, 0.717) is 23.4 Å². The average Bonchev–Trinajstić information content (AvgIpc) is 2.60. The zero-order valence-electron chi connectivity index (χ0n) is 13.4. The van der Waals surface area contributed by atoms with E-state index >= 15 is 0 Å². The fraction of sp³-hybridized carbons (Fsp3) is 0.222. The lowest BCUT2D eigenvalue weighted by molar-refractivity contribution is -0.122. The molecule has 2 rings (SSSR count). The van der Waals surface area contributed by atoms with E-state index in [1.54, 1.807) is 25.1 Å². The maximum absolute atomic E-state index is 12.9. The summed E-state index contributed by atoms with van der Waals surface area (Å²) in [6, 6.07) is 11.9. The predicted molar refractivity (Wildman–Crippen MR) is 87.5 cm³/mol. The zero-order valence-corrected chi connectivity index (χ0v) is 13.4. The van der Waals surface area contributed by atoms with Crippen molar-refractivity contribution in [2.75, 3.05) is 12.4 Å². The summed E-state index contributed by atoms with van der Waals surface area (Å²) >= 11 is 0. The van der Waals surface area contributed by atoms with Crippen LogP contribution in [-0.2, 0) is 9.53 Å². The van der Waals surface area contributed by atoms with Crippen LogP contribution < -0.4 is 10.1 Å². The van der Waals surface area contributed by atoms with E-state index in [1.807, 2.05) is 0 Å². The van der Waals surface area contributed by atoms with Crippen molar-refractivity contribution in [1.82, 2.24) is 0 Å². The Balaban J connectivity index is 2.06. The van der Waals surface area contributed by atoms with Crippen LogP contribution in [0, 0.1) is 5.82 Å². The van der Waals surface area contributed by atoms with Gasteiger partial charge in [0.15, 0.2) is 6.10 Å². The van der Waals surface area contributed by atoms with Gasteiger partial charge in [-0.3, -0.25) is 4.79 Å². The molecule has 0 bridgehead atoms. The van der Waals surface area contributed by atoms with Crippen LogP contribution >= 0.6 is 0 Å². The minimum Gasteiger partial charge on any atom is -0.481 e. The number of nitrogens with one attached hydrogen (secondary N) is 1. The van der Waals surface area contributed by atoms with E-state index in [-0.39, 0.29) is 11.7 Å². The first kappa shape index (κ1) is 17.5. The van der Waals surface area contributed by atoms with E-state index in [1.165, 1.54) is 37.4 Å². The number of carbonyl (C=O) groups is 2. The van der Waals surface area contributed by atoms with Crippen molar-refractivity contribution >= 4 is 17.6 Å². The Hall–Kier alpha value is -2.89. The molecular weight excluding hydrogens is 313 g/mol. The maximum atomic E-state index is 12.9. The molecular formula is C18H18FNO4. The zero-order chi connectivity index (χ0) is 17.5. The molecule has 0 fully saturated rings. The summed E-state index contributed by atoms with van der Waals surface area (Å²) in [5, 5.41) is 2.70. The Kier molecular flexibility index (Phi) is 5.89. The number of halogens is 1. The van der Waals surface area contributed by atoms with Gasteiger partial charge in [-0.05, 0) is 48.9 Å². The third kappa shape index (κ3) is 4.55. The highest BCUT2D eigenvalue weighted by atomic mass is 19.1. The predicted octanol–water partition coefficient (Wildman–Crippen LogP) is 3.41. The van der Waals surface area contributed by atoms with Gasteiger partial charge in [-0.25, -0.2) is 9.18 Å². The van der Waals surface area contributed by atoms with E-state index < -0.39 is 12.1 Å². The molecule has 24 heavy (non-hydrogen) atoms. The lowest BCUT2D eigenvalue weighted by atomic mass is 10.2. The van der Waals surface area contributed by atoms with Gasteiger partial charge in [-0.1, -0.05) is 13.0 Å². The molecule has 6 heteroatoms. The van der Waals surface area contributed by atoms with Crippen LogP contribution in [0.4, 0.5) is 10.1 Å². The van der Waals surface area contributed by atoms with Gasteiger partial charge >= 0.3 is 5.97 Å². The molecule has 0 aliphatic heterocycles. The number of hydrogen-bond donors (Lipinski definition) is 1. The van der Waals surface area contributed by atoms with E-state index in [9.17, 15) is 14.0 Å². The molecule has 0 heterocycles. The second-order valence-corrected chi connectivity index (χ2v) is 5.03. The lowest BCUT2D eigenvalue weighted by Gasteiger charge is -2.17. The van der Waals surface area contributed by atoms with Crippen LogP contribution in [0.3, 0.4) is 0 Å². The van der Waals surface area contributed by atoms with Crippen molar-refractivity contribution < 1.29 is 23.5 Å². The molecule has 0 radical (unpaired) electrons. The van der Waals surface area contributed by atoms with Crippen LogP contribution in [0.25, 0.3) is 0 Å². The minimum atomic E-state index is -0.739. The molecule has 0 aliphatic carbocycles. The highest BCUT2D eigenvalue weighted by Gasteiger charge is 2.19. The summed E-state index contributed by atoms with van der Waals surface area (Å²) < 4.78 is 23.1. The lowest BCUT2D eigenvalue weighted by Crippen LogP contribution is -2.32. The summed E-state index contributed by atoms with van der Waals surface area (Å²) in [4.78, 5) is 23.9. The number of rotatable bonds is 6. The Morgan fingerprint density at radius 1 is 1.17 bits per heavy atom. The summed E-state index contributed by atoms with van der Waals surface area (Å²) in [5.41, 5.74) is 0.798. The van der Waals surface area contributed by atoms with Crippen LogP contribution in [0.1, 0.15) is 23.7 Å². The van der Waals surface area contributed by atoms with Crippen molar-refractivity contribution in [1.29, 1.82) is 0 Å². The largest absolute Gasteiger partial charge is 0.481 e. The van der Waals surface area contributed by atoms with Crippen LogP contribution in [-0.4, -0.2) is 25.1 Å². The minimum absolute atomic E-state index is 0.336. The molecule has 1 N–H and O–H groups in total. The van der Waals surface area contributed by atoms with Crippen molar-refractivity contribution in [3.8, 4) is 5.75 Å². The topological polar surface area (TPSA) is 64.6 Å². The third-order valence-corrected chi connectivity index (χ3v) is 3.31. The van der Waals surface area contributed by atoms with Crippen molar-refractivity contribution in [2.45, 2.75) is 19.4 Å². The van der Waals surface area contributed by atoms with Gasteiger partial charge in [-0.15, -0.1) is 0 Å². The fourth-order valence-electron chi connectivity index (χ4n) is 2.06. The Labute approximate surface area is 139 Å². The fourth-order valence-corrected chi connectivity index (χ4v) is 2.06. The highest BCUT2D eigenvalue weighted by molar-refractivity contribution is 5.96. The number of esters is 1.